The average molecular weight is 1170 g/mol. The summed E-state index contributed by atoms with van der Waals surface area (Å²) in [5.41, 5.74) is 28.3. The SMILES string of the molecule is CC(C)(C)c1ccc2c(c1)-c1cc(C(C)(C)C)ccc1C21c2c(ccc3cc(N(c4ccccc4)c4cc(-c5ccccc5)ccc4-c4ccccc4)ccc23)-c2ccc3cc(N(c4ccccc4)c4cc(-c5ccccc5)ccc4-c4ccccc4)ccc3c21. The highest BCUT2D eigenvalue weighted by Gasteiger charge is 2.54. The highest BCUT2D eigenvalue weighted by atomic mass is 15.2. The largest absolute Gasteiger partial charge is 0.310 e. The van der Waals surface area contributed by atoms with E-state index >= 15 is 0 Å². The van der Waals surface area contributed by atoms with E-state index in [1.54, 1.807) is 0 Å². The molecule has 2 nitrogen and oxygen atoms in total. The van der Waals surface area contributed by atoms with E-state index in [2.05, 4.69) is 367 Å². The fourth-order valence-electron chi connectivity index (χ4n) is 14.9. The van der Waals surface area contributed by atoms with Crippen molar-refractivity contribution in [2.75, 3.05) is 9.80 Å². The van der Waals surface area contributed by atoms with Crippen molar-refractivity contribution in [3.8, 4) is 66.8 Å². The maximum atomic E-state index is 2.54. The third-order valence-electron chi connectivity index (χ3n) is 19.3. The van der Waals surface area contributed by atoms with Gasteiger partial charge in [-0.1, -0.05) is 296 Å². The lowest BCUT2D eigenvalue weighted by molar-refractivity contribution is 0.589. The van der Waals surface area contributed by atoms with Crippen molar-refractivity contribution in [2.24, 2.45) is 0 Å². The van der Waals surface area contributed by atoms with E-state index in [0.29, 0.717) is 0 Å². The minimum absolute atomic E-state index is 0.0680. The molecule has 0 heterocycles. The van der Waals surface area contributed by atoms with E-state index in [1.165, 1.54) is 111 Å². The van der Waals surface area contributed by atoms with E-state index in [1.807, 2.05) is 0 Å². The summed E-state index contributed by atoms with van der Waals surface area (Å²) in [6.07, 6.45) is 0. The summed E-state index contributed by atoms with van der Waals surface area (Å²) in [6.45, 7) is 14.1. The first kappa shape index (κ1) is 55.5. The number of fused-ring (bicyclic) bond motifs is 14. The van der Waals surface area contributed by atoms with Gasteiger partial charge in [-0.05, 0) is 182 Å². The van der Waals surface area contributed by atoms with Crippen LogP contribution < -0.4 is 9.80 Å². The lowest BCUT2D eigenvalue weighted by atomic mass is 9.68. The first-order valence-electron chi connectivity index (χ1n) is 32.1. The quantitative estimate of drug-likeness (QED) is 0.135. The fraction of sp³-hybridized carbons (Fsp3) is 0.101. The molecule has 0 atom stereocenters. The molecular formula is C89H70N2. The Morgan fingerprint density at radius 2 is 0.582 bits per heavy atom. The van der Waals surface area contributed by atoms with E-state index < -0.39 is 5.41 Å². The van der Waals surface area contributed by atoms with Crippen LogP contribution in [0.3, 0.4) is 0 Å². The number of hydrogen-bond donors (Lipinski definition) is 0. The number of benzene rings is 14. The van der Waals surface area contributed by atoms with Crippen molar-refractivity contribution >= 4 is 55.7 Å². The van der Waals surface area contributed by atoms with E-state index in [4.69, 9.17) is 0 Å². The Morgan fingerprint density at radius 1 is 0.242 bits per heavy atom. The number of anilines is 6. The molecule has 436 valence electrons. The first-order chi connectivity index (χ1) is 44.4. The predicted octanol–water partition coefficient (Wildman–Crippen LogP) is 24.5. The van der Waals surface area contributed by atoms with Crippen molar-refractivity contribution in [2.45, 2.75) is 57.8 Å². The van der Waals surface area contributed by atoms with Crippen LogP contribution in [-0.2, 0) is 16.2 Å². The van der Waals surface area contributed by atoms with Crippen LogP contribution >= 0.6 is 0 Å². The van der Waals surface area contributed by atoms with Crippen molar-refractivity contribution in [1.29, 1.82) is 0 Å². The molecule has 1 spiro atoms. The van der Waals surface area contributed by atoms with Crippen molar-refractivity contribution in [1.82, 2.24) is 0 Å². The van der Waals surface area contributed by atoms with Crippen LogP contribution in [0.25, 0.3) is 88.3 Å². The van der Waals surface area contributed by atoms with E-state index in [0.717, 1.165) is 45.3 Å². The van der Waals surface area contributed by atoms with Crippen LogP contribution in [0.2, 0.25) is 0 Å². The zero-order valence-electron chi connectivity index (χ0n) is 52.4. The van der Waals surface area contributed by atoms with Gasteiger partial charge in [-0.2, -0.15) is 0 Å². The van der Waals surface area contributed by atoms with Crippen LogP contribution in [0.4, 0.5) is 34.1 Å². The van der Waals surface area contributed by atoms with Crippen LogP contribution in [0.1, 0.15) is 74.9 Å². The second kappa shape index (κ2) is 21.8. The molecule has 2 aliphatic rings. The van der Waals surface area contributed by atoms with Gasteiger partial charge in [0.05, 0.1) is 16.8 Å². The fourth-order valence-corrected chi connectivity index (χ4v) is 14.9. The molecule has 0 fully saturated rings. The summed E-state index contributed by atoms with van der Waals surface area (Å²) in [4.78, 5) is 4.94. The van der Waals surface area contributed by atoms with E-state index in [9.17, 15) is 0 Å². The molecule has 0 radical (unpaired) electrons. The highest BCUT2D eigenvalue weighted by Crippen LogP contribution is 2.66. The predicted molar refractivity (Wildman–Crippen MR) is 386 cm³/mol. The molecule has 2 heteroatoms. The summed E-state index contributed by atoms with van der Waals surface area (Å²) >= 11 is 0. The Kier molecular flexibility index (Phi) is 13.3. The van der Waals surface area contributed by atoms with Gasteiger partial charge in [-0.25, -0.2) is 0 Å². The third kappa shape index (κ3) is 9.31. The maximum absolute atomic E-state index is 2.54. The van der Waals surface area contributed by atoms with Gasteiger partial charge >= 0.3 is 0 Å². The summed E-state index contributed by atoms with van der Waals surface area (Å²) in [7, 11) is 0. The molecule has 0 N–H and O–H groups in total. The van der Waals surface area contributed by atoms with Crippen molar-refractivity contribution < 1.29 is 0 Å². The smallest absolute Gasteiger partial charge is 0.0737 e. The molecule has 0 saturated heterocycles. The molecule has 2 aliphatic carbocycles. The molecule has 0 aromatic heterocycles. The molecule has 0 saturated carbocycles. The summed E-state index contributed by atoms with van der Waals surface area (Å²) in [5.74, 6) is 0. The lowest BCUT2D eigenvalue weighted by Gasteiger charge is -2.34. The zero-order valence-corrected chi connectivity index (χ0v) is 52.4. The molecule has 91 heavy (non-hydrogen) atoms. The van der Waals surface area contributed by atoms with Gasteiger partial charge in [0.1, 0.15) is 0 Å². The summed E-state index contributed by atoms with van der Waals surface area (Å²) in [6, 6.07) is 118. The van der Waals surface area contributed by atoms with Gasteiger partial charge < -0.3 is 9.80 Å². The molecule has 14 aromatic rings. The van der Waals surface area contributed by atoms with Gasteiger partial charge in [0.2, 0.25) is 0 Å². The van der Waals surface area contributed by atoms with Crippen LogP contribution in [0.15, 0.2) is 315 Å². The highest BCUT2D eigenvalue weighted by molar-refractivity contribution is 6.10. The van der Waals surface area contributed by atoms with Gasteiger partial charge in [-0.3, -0.25) is 0 Å². The van der Waals surface area contributed by atoms with Crippen molar-refractivity contribution in [3.63, 3.8) is 0 Å². The van der Waals surface area contributed by atoms with Crippen LogP contribution in [0, 0.1) is 0 Å². The van der Waals surface area contributed by atoms with Gasteiger partial charge in [0.15, 0.2) is 0 Å². The Balaban J connectivity index is 0.951. The lowest BCUT2D eigenvalue weighted by Crippen LogP contribution is -2.27. The normalized spacial score (nSPS) is 12.8. The molecule has 16 rings (SSSR count). The molecule has 0 amide bonds. The van der Waals surface area contributed by atoms with E-state index in [-0.39, 0.29) is 10.8 Å². The standard InChI is InChI=1S/C89H70N2/c1-87(2,3)67-41-51-81-79(57-67)80-58-68(88(4,5)6)42-52-82(80)89(81)85-75-49-43-71(90(69-33-21-11-22-34-69)83-55-63(59-25-13-7-14-26-59)37-45-73(83)61-29-17-9-18-30-61)53-65(75)39-47-77(85)78-48-40-66-54-72(44-50-76(66)86(78)89)91(70-35-23-12-24-36-70)84-56-64(60-27-15-8-16-28-60)38-46-74(84)62-31-19-10-20-32-62/h7-58H,1-6H3. The second-order valence-corrected chi connectivity index (χ2v) is 26.8. The third-order valence-corrected chi connectivity index (χ3v) is 19.3. The maximum Gasteiger partial charge on any atom is 0.0737 e. The Hall–Kier alpha value is -10.8. The zero-order chi connectivity index (χ0) is 61.6. The number of para-hydroxylation sites is 2. The Labute approximate surface area is 535 Å². The first-order valence-corrected chi connectivity index (χ1v) is 32.1. The van der Waals surface area contributed by atoms with Gasteiger partial charge in [-0.15, -0.1) is 0 Å². The second-order valence-electron chi connectivity index (χ2n) is 26.8. The van der Waals surface area contributed by atoms with Gasteiger partial charge in [0, 0.05) is 33.9 Å². The molecule has 0 bridgehead atoms. The molecule has 0 unspecified atom stereocenters. The molecule has 0 aliphatic heterocycles. The number of rotatable bonds is 10. The number of nitrogens with zero attached hydrogens (tertiary/aromatic N) is 2. The summed E-state index contributed by atoms with van der Waals surface area (Å²) in [5, 5.41) is 4.87. The Bertz CT molecular complexity index is 4770. The summed E-state index contributed by atoms with van der Waals surface area (Å²) < 4.78 is 0. The van der Waals surface area contributed by atoms with Crippen molar-refractivity contribution in [3.05, 3.63) is 349 Å². The molecular weight excluding hydrogens is 1100 g/mol. The minimum Gasteiger partial charge on any atom is -0.310 e. The average Bonchev–Trinajstić information content (AvgIpc) is 1.50. The van der Waals surface area contributed by atoms with Crippen LogP contribution in [-0.4, -0.2) is 0 Å². The minimum atomic E-state index is -0.683. The monoisotopic (exact) mass is 1170 g/mol. The van der Waals surface area contributed by atoms with Gasteiger partial charge in [0.25, 0.3) is 0 Å². The number of hydrogen-bond acceptors (Lipinski definition) is 2. The Morgan fingerprint density at radius 3 is 0.945 bits per heavy atom. The van der Waals surface area contributed by atoms with Crippen LogP contribution in [0.5, 0.6) is 0 Å². The molecule has 14 aromatic carbocycles. The topological polar surface area (TPSA) is 6.48 Å².